The van der Waals surface area contributed by atoms with Gasteiger partial charge in [-0.1, -0.05) is 30.3 Å². The van der Waals surface area contributed by atoms with Crippen LogP contribution in [0.1, 0.15) is 18.9 Å². The van der Waals surface area contributed by atoms with Gasteiger partial charge in [-0.05, 0) is 12.5 Å². The quantitative estimate of drug-likeness (QED) is 0.672. The fourth-order valence-corrected chi connectivity index (χ4v) is 1.68. The van der Waals surface area contributed by atoms with Gasteiger partial charge in [-0.2, -0.15) is 0 Å². The summed E-state index contributed by atoms with van der Waals surface area (Å²) >= 11 is 0. The van der Waals surface area contributed by atoms with Gasteiger partial charge in [0.2, 0.25) is 11.8 Å². The second kappa shape index (κ2) is 5.99. The number of benzene rings is 1. The van der Waals surface area contributed by atoms with Crippen LogP contribution in [0, 0.1) is 0 Å². The summed E-state index contributed by atoms with van der Waals surface area (Å²) in [6.07, 6.45) is -0.264. The van der Waals surface area contributed by atoms with Crippen molar-refractivity contribution in [3.63, 3.8) is 0 Å². The predicted molar refractivity (Wildman–Crippen MR) is 68.3 cm³/mol. The molecule has 0 aliphatic heterocycles. The smallest absolute Gasteiger partial charge is 0.314 e. The molecule has 2 amide bonds. The average Bonchev–Trinajstić information content (AvgIpc) is 2.37. The third-order valence-corrected chi connectivity index (χ3v) is 2.86. The summed E-state index contributed by atoms with van der Waals surface area (Å²) in [5.74, 6) is -2.31. The van der Waals surface area contributed by atoms with Gasteiger partial charge in [0.15, 0.2) is 0 Å². The maximum absolute atomic E-state index is 11.7. The number of hydrogen-bond acceptors (Lipinski definition) is 3. The first-order chi connectivity index (χ1) is 8.86. The highest BCUT2D eigenvalue weighted by Crippen LogP contribution is 2.27. The molecule has 0 aromatic heterocycles. The first-order valence-corrected chi connectivity index (χ1v) is 5.70. The molecule has 4 N–H and O–H groups in total. The normalized spacial score (nSPS) is 13.3. The monoisotopic (exact) mass is 264 g/mol. The summed E-state index contributed by atoms with van der Waals surface area (Å²) in [5, 5.41) is 11.6. The lowest BCUT2D eigenvalue weighted by Crippen LogP contribution is -2.41. The van der Waals surface area contributed by atoms with E-state index in [2.05, 4.69) is 5.32 Å². The van der Waals surface area contributed by atoms with E-state index in [-0.39, 0.29) is 13.0 Å². The van der Waals surface area contributed by atoms with Crippen LogP contribution >= 0.6 is 0 Å². The molecule has 1 atom stereocenters. The van der Waals surface area contributed by atoms with E-state index in [4.69, 9.17) is 5.73 Å². The van der Waals surface area contributed by atoms with Crippen molar-refractivity contribution < 1.29 is 19.5 Å². The fraction of sp³-hybridized carbons (Fsp3) is 0.308. The number of carboxylic acids is 1. The molecule has 0 bridgehead atoms. The number of rotatable bonds is 6. The Morgan fingerprint density at radius 1 is 1.26 bits per heavy atom. The molecule has 0 radical (unpaired) electrons. The molecule has 1 unspecified atom stereocenters. The van der Waals surface area contributed by atoms with E-state index in [1.165, 1.54) is 6.92 Å². The van der Waals surface area contributed by atoms with Crippen molar-refractivity contribution in [3.05, 3.63) is 35.9 Å². The Bertz CT molecular complexity index is 487. The summed E-state index contributed by atoms with van der Waals surface area (Å²) in [6, 6.07) is 8.47. The lowest BCUT2D eigenvalue weighted by molar-refractivity contribution is -0.145. The summed E-state index contributed by atoms with van der Waals surface area (Å²) in [4.78, 5) is 33.6. The summed E-state index contributed by atoms with van der Waals surface area (Å²) in [7, 11) is 0. The summed E-state index contributed by atoms with van der Waals surface area (Å²) in [5.41, 5.74) is 4.09. The highest BCUT2D eigenvalue weighted by atomic mass is 16.4. The van der Waals surface area contributed by atoms with Crippen molar-refractivity contribution >= 4 is 17.8 Å². The van der Waals surface area contributed by atoms with Crippen LogP contribution < -0.4 is 11.1 Å². The Kier molecular flexibility index (Phi) is 4.63. The van der Waals surface area contributed by atoms with E-state index in [0.29, 0.717) is 5.56 Å². The van der Waals surface area contributed by atoms with Crippen molar-refractivity contribution in [2.45, 2.75) is 18.8 Å². The molecule has 0 saturated carbocycles. The third kappa shape index (κ3) is 3.80. The SMILES string of the molecule is CC(CC(=O)NCC(N)=O)(C(=O)O)c1ccccc1. The molecule has 0 aliphatic rings. The Balaban J connectivity index is 2.87. The van der Waals surface area contributed by atoms with Crippen LogP contribution in [-0.4, -0.2) is 29.4 Å². The summed E-state index contributed by atoms with van der Waals surface area (Å²) in [6.45, 7) is 1.16. The van der Waals surface area contributed by atoms with Gasteiger partial charge in [-0.15, -0.1) is 0 Å². The molecule has 19 heavy (non-hydrogen) atoms. The summed E-state index contributed by atoms with van der Waals surface area (Å²) < 4.78 is 0. The largest absolute Gasteiger partial charge is 0.481 e. The van der Waals surface area contributed by atoms with Gasteiger partial charge >= 0.3 is 5.97 Å². The number of primary amides is 1. The highest BCUT2D eigenvalue weighted by molar-refractivity contribution is 5.90. The molecular weight excluding hydrogens is 248 g/mol. The molecule has 1 rings (SSSR count). The lowest BCUT2D eigenvalue weighted by atomic mass is 9.79. The van der Waals surface area contributed by atoms with Crippen LogP contribution in [0.3, 0.4) is 0 Å². The second-order valence-corrected chi connectivity index (χ2v) is 4.42. The Labute approximate surface area is 110 Å². The minimum Gasteiger partial charge on any atom is -0.481 e. The number of carboxylic acid groups (broad SMARTS) is 1. The zero-order chi connectivity index (χ0) is 14.5. The number of carbonyl (C=O) groups is 3. The Morgan fingerprint density at radius 3 is 2.32 bits per heavy atom. The lowest BCUT2D eigenvalue weighted by Gasteiger charge is -2.24. The standard InChI is InChI=1S/C13H16N2O4/c1-13(12(18)19,9-5-3-2-4-6-9)7-11(17)15-8-10(14)16/h2-6H,7-8H2,1H3,(H2,14,16)(H,15,17)(H,18,19). The van der Waals surface area contributed by atoms with Gasteiger partial charge in [0.05, 0.1) is 12.0 Å². The maximum atomic E-state index is 11.7. The molecule has 0 saturated heterocycles. The number of amides is 2. The van der Waals surface area contributed by atoms with Gasteiger partial charge in [-0.25, -0.2) is 0 Å². The molecule has 1 aromatic carbocycles. The predicted octanol–water partition coefficient (Wildman–Crippen LogP) is 0.0205. The maximum Gasteiger partial charge on any atom is 0.314 e. The minimum absolute atomic E-state index is 0.264. The van der Waals surface area contributed by atoms with Gasteiger partial charge < -0.3 is 16.2 Å². The first kappa shape index (κ1) is 14.7. The minimum atomic E-state index is -1.34. The molecule has 0 spiro atoms. The zero-order valence-electron chi connectivity index (χ0n) is 10.6. The van der Waals surface area contributed by atoms with E-state index >= 15 is 0 Å². The Morgan fingerprint density at radius 2 is 1.84 bits per heavy atom. The first-order valence-electron chi connectivity index (χ1n) is 5.70. The van der Waals surface area contributed by atoms with Crippen LogP contribution in [0.15, 0.2) is 30.3 Å². The number of nitrogens with one attached hydrogen (secondary N) is 1. The van der Waals surface area contributed by atoms with Gasteiger partial charge in [0.1, 0.15) is 0 Å². The molecule has 0 heterocycles. The van der Waals surface area contributed by atoms with Crippen LogP contribution in [0.2, 0.25) is 0 Å². The van der Waals surface area contributed by atoms with Crippen molar-refractivity contribution in [2.75, 3.05) is 6.54 Å². The van der Waals surface area contributed by atoms with Crippen molar-refractivity contribution in [2.24, 2.45) is 5.73 Å². The van der Waals surface area contributed by atoms with E-state index in [0.717, 1.165) is 0 Å². The van der Waals surface area contributed by atoms with E-state index in [1.54, 1.807) is 30.3 Å². The van der Waals surface area contributed by atoms with Crippen LogP contribution in [0.5, 0.6) is 0 Å². The van der Waals surface area contributed by atoms with Gasteiger partial charge in [-0.3, -0.25) is 14.4 Å². The molecule has 102 valence electrons. The van der Waals surface area contributed by atoms with E-state index in [9.17, 15) is 19.5 Å². The number of hydrogen-bond donors (Lipinski definition) is 3. The van der Waals surface area contributed by atoms with Crippen molar-refractivity contribution in [3.8, 4) is 0 Å². The van der Waals surface area contributed by atoms with E-state index in [1.807, 2.05) is 0 Å². The fourth-order valence-electron chi connectivity index (χ4n) is 1.68. The molecule has 0 aliphatic carbocycles. The Hall–Kier alpha value is -2.37. The number of carbonyl (C=O) groups excluding carboxylic acids is 2. The topological polar surface area (TPSA) is 109 Å². The van der Waals surface area contributed by atoms with Gasteiger partial charge in [0.25, 0.3) is 0 Å². The molecule has 6 heteroatoms. The zero-order valence-corrected chi connectivity index (χ0v) is 10.6. The van der Waals surface area contributed by atoms with Crippen LogP contribution in [0.4, 0.5) is 0 Å². The third-order valence-electron chi connectivity index (χ3n) is 2.86. The number of aliphatic carboxylic acids is 1. The van der Waals surface area contributed by atoms with Crippen molar-refractivity contribution in [1.29, 1.82) is 0 Å². The van der Waals surface area contributed by atoms with E-state index < -0.39 is 23.2 Å². The molecular formula is C13H16N2O4. The molecule has 6 nitrogen and oxygen atoms in total. The van der Waals surface area contributed by atoms with Crippen LogP contribution in [-0.2, 0) is 19.8 Å². The molecule has 1 aromatic rings. The second-order valence-electron chi connectivity index (χ2n) is 4.42. The van der Waals surface area contributed by atoms with Crippen molar-refractivity contribution in [1.82, 2.24) is 5.32 Å². The van der Waals surface area contributed by atoms with Gasteiger partial charge in [0, 0.05) is 6.42 Å². The number of nitrogens with two attached hydrogens (primary N) is 1. The average molecular weight is 264 g/mol. The molecule has 0 fully saturated rings. The highest BCUT2D eigenvalue weighted by Gasteiger charge is 2.37. The van der Waals surface area contributed by atoms with Crippen LogP contribution in [0.25, 0.3) is 0 Å².